The molecule has 0 fully saturated rings. The number of carbonyl (C=O) groups is 1. The predicted octanol–water partition coefficient (Wildman–Crippen LogP) is 1.61. The van der Waals surface area contributed by atoms with E-state index in [1.54, 1.807) is 25.1 Å². The molecule has 2 heterocycles. The Morgan fingerprint density at radius 2 is 1.93 bits per heavy atom. The maximum absolute atomic E-state index is 12.4. The lowest BCUT2D eigenvalue weighted by Gasteiger charge is -2.14. The van der Waals surface area contributed by atoms with Gasteiger partial charge in [0.1, 0.15) is 5.69 Å². The topological polar surface area (TPSA) is 124 Å². The summed E-state index contributed by atoms with van der Waals surface area (Å²) in [5, 5.41) is 14.2. The molecule has 30 heavy (non-hydrogen) atoms. The quantitative estimate of drug-likeness (QED) is 0.544. The summed E-state index contributed by atoms with van der Waals surface area (Å²) < 4.78 is 23.9. The van der Waals surface area contributed by atoms with Gasteiger partial charge < -0.3 is 5.32 Å². The van der Waals surface area contributed by atoms with Crippen molar-refractivity contribution in [2.75, 3.05) is 6.54 Å². The molecule has 0 bridgehead atoms. The summed E-state index contributed by atoms with van der Waals surface area (Å²) >= 11 is 1.53. The van der Waals surface area contributed by atoms with Crippen molar-refractivity contribution in [2.24, 2.45) is 11.1 Å². The second kappa shape index (κ2) is 9.33. The highest BCUT2D eigenvalue weighted by atomic mass is 32.2. The summed E-state index contributed by atoms with van der Waals surface area (Å²) in [6, 6.07) is 13.2. The van der Waals surface area contributed by atoms with Crippen LogP contribution in [-0.4, -0.2) is 30.7 Å². The first kappa shape index (κ1) is 21.9. The molecule has 2 aromatic heterocycles. The number of amides is 1. The van der Waals surface area contributed by atoms with Crippen LogP contribution in [0.4, 0.5) is 0 Å². The van der Waals surface area contributed by atoms with Crippen LogP contribution in [0.2, 0.25) is 0 Å². The first-order valence-corrected chi connectivity index (χ1v) is 11.7. The van der Waals surface area contributed by atoms with Crippen LogP contribution in [0.5, 0.6) is 0 Å². The molecular formula is C20H22N4O4S2. The van der Waals surface area contributed by atoms with Gasteiger partial charge in [-0.1, -0.05) is 25.1 Å². The lowest BCUT2D eigenvalue weighted by molar-refractivity contribution is -0.124. The molecule has 158 valence electrons. The molecular weight excluding hydrogens is 424 g/mol. The van der Waals surface area contributed by atoms with Crippen LogP contribution >= 0.6 is 11.3 Å². The Morgan fingerprint density at radius 3 is 2.57 bits per heavy atom. The number of carbonyl (C=O) groups excluding carboxylic acids is 1. The number of nitrogens with zero attached hydrogens (tertiary/aromatic N) is 2. The normalized spacial score (nSPS) is 12.5. The second-order valence-electron chi connectivity index (χ2n) is 6.85. The summed E-state index contributed by atoms with van der Waals surface area (Å²) in [6.45, 7) is 2.30. The minimum Gasteiger partial charge on any atom is -0.355 e. The summed E-state index contributed by atoms with van der Waals surface area (Å²) in [7, 11) is -3.72. The fourth-order valence-electron chi connectivity index (χ4n) is 2.83. The lowest BCUT2D eigenvalue weighted by atomic mass is 10.1. The third kappa shape index (κ3) is 5.62. The molecule has 0 aliphatic carbocycles. The van der Waals surface area contributed by atoms with E-state index < -0.39 is 15.9 Å². The van der Waals surface area contributed by atoms with Crippen molar-refractivity contribution in [1.29, 1.82) is 0 Å². The molecule has 0 saturated carbocycles. The van der Waals surface area contributed by atoms with Crippen molar-refractivity contribution < 1.29 is 13.2 Å². The van der Waals surface area contributed by atoms with Gasteiger partial charge in [-0.15, -0.1) is 11.3 Å². The third-order valence-corrected chi connectivity index (χ3v) is 6.32. The van der Waals surface area contributed by atoms with Gasteiger partial charge in [-0.3, -0.25) is 9.59 Å². The van der Waals surface area contributed by atoms with Gasteiger partial charge in [0.25, 0.3) is 5.56 Å². The van der Waals surface area contributed by atoms with E-state index >= 15 is 0 Å². The summed E-state index contributed by atoms with van der Waals surface area (Å²) in [5.74, 6) is -0.634. The monoisotopic (exact) mass is 446 g/mol. The minimum atomic E-state index is -3.72. The van der Waals surface area contributed by atoms with Gasteiger partial charge in [0.05, 0.1) is 22.2 Å². The zero-order chi connectivity index (χ0) is 21.7. The van der Waals surface area contributed by atoms with Crippen molar-refractivity contribution in [1.82, 2.24) is 15.1 Å². The molecule has 1 amide bonds. The molecule has 0 spiro atoms. The minimum absolute atomic E-state index is 0.0478. The largest absolute Gasteiger partial charge is 0.355 e. The number of thiophene rings is 1. The van der Waals surface area contributed by atoms with Crippen LogP contribution < -0.4 is 16.0 Å². The maximum Gasteiger partial charge on any atom is 0.266 e. The van der Waals surface area contributed by atoms with Crippen LogP contribution in [0.15, 0.2) is 63.6 Å². The van der Waals surface area contributed by atoms with Crippen LogP contribution in [-0.2, 0) is 27.8 Å². The van der Waals surface area contributed by atoms with E-state index in [1.165, 1.54) is 34.2 Å². The Kier molecular flexibility index (Phi) is 6.80. The number of nitrogens with two attached hydrogens (primary N) is 1. The molecule has 1 atom stereocenters. The first-order chi connectivity index (χ1) is 14.2. The zero-order valence-electron chi connectivity index (χ0n) is 16.3. The third-order valence-electron chi connectivity index (χ3n) is 4.50. The Morgan fingerprint density at radius 1 is 1.20 bits per heavy atom. The van der Waals surface area contributed by atoms with Gasteiger partial charge >= 0.3 is 0 Å². The Hall–Kier alpha value is -2.82. The fourth-order valence-corrected chi connectivity index (χ4v) is 4.03. The average Bonchev–Trinajstić information content (AvgIpc) is 3.24. The molecule has 0 unspecified atom stereocenters. The molecule has 10 heteroatoms. The van der Waals surface area contributed by atoms with E-state index in [4.69, 9.17) is 5.14 Å². The molecule has 0 aliphatic rings. The number of primary sulfonamides is 1. The average molecular weight is 447 g/mol. The molecule has 0 radical (unpaired) electrons. The number of benzene rings is 1. The van der Waals surface area contributed by atoms with E-state index in [0.717, 1.165) is 10.4 Å². The number of nitrogens with one attached hydrogen (secondary N) is 1. The van der Waals surface area contributed by atoms with E-state index in [9.17, 15) is 18.0 Å². The molecule has 3 aromatic rings. The number of rotatable bonds is 8. The first-order valence-electron chi connectivity index (χ1n) is 9.25. The molecule has 3 N–H and O–H groups in total. The van der Waals surface area contributed by atoms with E-state index in [-0.39, 0.29) is 22.9 Å². The lowest BCUT2D eigenvalue weighted by Crippen LogP contribution is -2.35. The van der Waals surface area contributed by atoms with Crippen LogP contribution in [0, 0.1) is 5.92 Å². The highest BCUT2D eigenvalue weighted by Gasteiger charge is 2.15. The molecule has 0 saturated heterocycles. The Labute approximate surface area is 178 Å². The van der Waals surface area contributed by atoms with E-state index in [0.29, 0.717) is 18.7 Å². The maximum atomic E-state index is 12.4. The fraction of sp³-hybridized carbons (Fsp3) is 0.250. The number of aromatic nitrogens is 2. The van der Waals surface area contributed by atoms with E-state index in [1.807, 2.05) is 17.5 Å². The summed E-state index contributed by atoms with van der Waals surface area (Å²) in [5.41, 5.74) is 1.31. The van der Waals surface area contributed by atoms with Crippen LogP contribution in [0.3, 0.4) is 0 Å². The Balaban J connectivity index is 1.55. The van der Waals surface area contributed by atoms with Crippen LogP contribution in [0.1, 0.15) is 12.5 Å². The second-order valence-corrected chi connectivity index (χ2v) is 9.36. The van der Waals surface area contributed by atoms with Gasteiger partial charge in [-0.2, -0.15) is 5.10 Å². The Bertz CT molecular complexity index is 1170. The highest BCUT2D eigenvalue weighted by Crippen LogP contribution is 2.21. The van der Waals surface area contributed by atoms with E-state index in [2.05, 4.69) is 10.4 Å². The van der Waals surface area contributed by atoms with Gasteiger partial charge in [0.15, 0.2) is 0 Å². The summed E-state index contributed by atoms with van der Waals surface area (Å²) in [6.07, 6.45) is 0.537. The molecule has 0 aliphatic heterocycles. The SMILES string of the molecule is C[C@H](Cn1nc(-c2cccs2)ccc1=O)C(=O)NCCc1ccc(S(N)(=O)=O)cc1. The highest BCUT2D eigenvalue weighted by molar-refractivity contribution is 7.89. The van der Waals surface area contributed by atoms with Crippen molar-refractivity contribution >= 4 is 27.3 Å². The van der Waals surface area contributed by atoms with Crippen molar-refractivity contribution in [3.8, 4) is 10.6 Å². The van der Waals surface area contributed by atoms with Gasteiger partial charge in [0, 0.05) is 12.6 Å². The van der Waals surface area contributed by atoms with Crippen molar-refractivity contribution in [3.05, 3.63) is 69.8 Å². The predicted molar refractivity (Wildman–Crippen MR) is 116 cm³/mol. The molecule has 8 nitrogen and oxygen atoms in total. The van der Waals surface area contributed by atoms with Crippen molar-refractivity contribution in [2.45, 2.75) is 24.8 Å². The standard InChI is InChI=1S/C20H22N4O4S2/c1-14(13-24-19(25)9-8-17(23-24)18-3-2-12-29-18)20(26)22-11-10-15-4-6-16(7-5-15)30(21,27)28/h2-9,12,14H,10-11,13H2,1H3,(H,22,26)(H2,21,27,28)/t14-/m1/s1. The van der Waals surface area contributed by atoms with Gasteiger partial charge in [-0.05, 0) is 41.6 Å². The number of sulfonamides is 1. The number of hydrogen-bond donors (Lipinski definition) is 2. The van der Waals surface area contributed by atoms with Crippen LogP contribution in [0.25, 0.3) is 10.6 Å². The molecule has 1 aromatic carbocycles. The summed E-state index contributed by atoms with van der Waals surface area (Å²) in [4.78, 5) is 25.5. The van der Waals surface area contributed by atoms with Gasteiger partial charge in [0.2, 0.25) is 15.9 Å². The number of hydrogen-bond acceptors (Lipinski definition) is 6. The molecule has 3 rings (SSSR count). The smallest absolute Gasteiger partial charge is 0.266 e. The van der Waals surface area contributed by atoms with Crippen molar-refractivity contribution in [3.63, 3.8) is 0 Å². The van der Waals surface area contributed by atoms with Gasteiger partial charge in [-0.25, -0.2) is 18.2 Å². The zero-order valence-corrected chi connectivity index (χ0v) is 17.9.